The Hall–Kier alpha value is -2.09. The van der Waals surface area contributed by atoms with E-state index < -0.39 is 12.8 Å². The summed E-state index contributed by atoms with van der Waals surface area (Å²) in [6.07, 6.45) is -4.10. The van der Waals surface area contributed by atoms with Crippen LogP contribution < -0.4 is 0 Å². The third-order valence-corrected chi connectivity index (χ3v) is 2.27. The molecule has 0 aliphatic carbocycles. The zero-order valence-corrected chi connectivity index (χ0v) is 10.2. The van der Waals surface area contributed by atoms with Crippen LogP contribution in [0.1, 0.15) is 17.3 Å². The molecule has 2 rings (SSSR count). The van der Waals surface area contributed by atoms with Crippen molar-refractivity contribution in [1.29, 1.82) is 0 Å². The molecule has 0 aliphatic rings. The van der Waals surface area contributed by atoms with E-state index >= 15 is 0 Å². The fourth-order valence-electron chi connectivity index (χ4n) is 1.52. The van der Waals surface area contributed by atoms with Crippen molar-refractivity contribution < 1.29 is 27.5 Å². The van der Waals surface area contributed by atoms with Gasteiger partial charge in [-0.25, -0.2) is 0 Å². The van der Waals surface area contributed by atoms with Crippen molar-refractivity contribution in [1.82, 2.24) is 10.1 Å². The van der Waals surface area contributed by atoms with Gasteiger partial charge >= 0.3 is 6.18 Å². The zero-order chi connectivity index (χ0) is 14.6. The fraction of sp³-hybridized carbons (Fsp3) is 0.333. The molecule has 5 nitrogen and oxygen atoms in total. The summed E-state index contributed by atoms with van der Waals surface area (Å²) in [6.45, 7) is -1.73. The summed E-state index contributed by atoms with van der Waals surface area (Å²) in [4.78, 5) is 3.90. The van der Waals surface area contributed by atoms with Crippen LogP contribution in [0.3, 0.4) is 0 Å². The third kappa shape index (κ3) is 4.54. The van der Waals surface area contributed by atoms with Crippen LogP contribution in [-0.4, -0.2) is 28.0 Å². The largest absolute Gasteiger partial charge is 0.508 e. The summed E-state index contributed by atoms with van der Waals surface area (Å²) < 4.78 is 44.9. The molecule has 1 heterocycles. The molecular weight excluding hydrogens is 277 g/mol. The Morgan fingerprint density at radius 3 is 2.80 bits per heavy atom. The average Bonchev–Trinajstić information content (AvgIpc) is 2.75. The van der Waals surface area contributed by atoms with Crippen molar-refractivity contribution in [2.45, 2.75) is 19.2 Å². The van der Waals surface area contributed by atoms with E-state index in [1.165, 1.54) is 12.1 Å². The van der Waals surface area contributed by atoms with E-state index in [1.54, 1.807) is 12.1 Å². The van der Waals surface area contributed by atoms with Gasteiger partial charge in [-0.3, -0.25) is 0 Å². The van der Waals surface area contributed by atoms with E-state index in [2.05, 4.69) is 14.9 Å². The number of hydrogen-bond acceptors (Lipinski definition) is 5. The number of nitrogens with zero attached hydrogens (tertiary/aromatic N) is 2. The van der Waals surface area contributed by atoms with Crippen molar-refractivity contribution in [2.24, 2.45) is 0 Å². The average molecular weight is 288 g/mol. The second-order valence-corrected chi connectivity index (χ2v) is 4.06. The topological polar surface area (TPSA) is 68.4 Å². The first-order chi connectivity index (χ1) is 9.42. The summed E-state index contributed by atoms with van der Waals surface area (Å²) in [6, 6.07) is 6.47. The third-order valence-electron chi connectivity index (χ3n) is 2.27. The summed E-state index contributed by atoms with van der Waals surface area (Å²) in [5, 5.41) is 12.8. The van der Waals surface area contributed by atoms with Gasteiger partial charge in [0.1, 0.15) is 19.0 Å². The first-order valence-electron chi connectivity index (χ1n) is 5.66. The van der Waals surface area contributed by atoms with Crippen molar-refractivity contribution in [3.05, 3.63) is 41.5 Å². The fourth-order valence-corrected chi connectivity index (χ4v) is 1.52. The van der Waals surface area contributed by atoms with Crippen molar-refractivity contribution in [3.8, 4) is 5.75 Å². The van der Waals surface area contributed by atoms with Gasteiger partial charge in [-0.15, -0.1) is 0 Å². The Labute approximate surface area is 112 Å². The number of aromatic nitrogens is 2. The lowest BCUT2D eigenvalue weighted by Crippen LogP contribution is -2.16. The molecule has 0 bridgehead atoms. The van der Waals surface area contributed by atoms with Crippen molar-refractivity contribution in [2.75, 3.05) is 6.61 Å². The molecule has 0 radical (unpaired) electrons. The molecule has 0 atom stereocenters. The Balaban J connectivity index is 1.89. The lowest BCUT2D eigenvalue weighted by atomic mass is 10.1. The van der Waals surface area contributed by atoms with Gasteiger partial charge < -0.3 is 14.4 Å². The molecule has 2 aromatic rings. The normalized spacial score (nSPS) is 11.8. The maximum atomic E-state index is 11.9. The van der Waals surface area contributed by atoms with Crippen LogP contribution in [0, 0.1) is 0 Å². The molecule has 108 valence electrons. The highest BCUT2D eigenvalue weighted by molar-refractivity contribution is 5.28. The van der Waals surface area contributed by atoms with Crippen LogP contribution in [0.25, 0.3) is 0 Å². The smallest absolute Gasteiger partial charge is 0.411 e. The van der Waals surface area contributed by atoms with E-state index in [1.807, 2.05) is 0 Å². The highest BCUT2D eigenvalue weighted by atomic mass is 19.4. The van der Waals surface area contributed by atoms with Crippen LogP contribution in [0.5, 0.6) is 5.75 Å². The minimum atomic E-state index is -4.38. The zero-order valence-electron chi connectivity index (χ0n) is 10.2. The first kappa shape index (κ1) is 14.3. The minimum Gasteiger partial charge on any atom is -0.508 e. The molecule has 20 heavy (non-hydrogen) atoms. The molecule has 1 N–H and O–H groups in total. The van der Waals surface area contributed by atoms with Crippen LogP contribution in [-0.2, 0) is 17.8 Å². The number of benzene rings is 1. The SMILES string of the molecule is Oc1cccc(Cc2nc(COCC(F)(F)F)no2)c1. The Morgan fingerprint density at radius 2 is 2.10 bits per heavy atom. The van der Waals surface area contributed by atoms with E-state index in [-0.39, 0.29) is 30.5 Å². The monoisotopic (exact) mass is 288 g/mol. The molecule has 1 aromatic carbocycles. The molecule has 0 fully saturated rings. The predicted octanol–water partition coefficient (Wildman–Crippen LogP) is 2.44. The van der Waals surface area contributed by atoms with Gasteiger partial charge in [-0.05, 0) is 17.7 Å². The highest BCUT2D eigenvalue weighted by Crippen LogP contribution is 2.16. The Kier molecular flexibility index (Phi) is 4.23. The van der Waals surface area contributed by atoms with Crippen LogP contribution in [0.4, 0.5) is 13.2 Å². The number of hydrogen-bond donors (Lipinski definition) is 1. The quantitative estimate of drug-likeness (QED) is 0.915. The van der Waals surface area contributed by atoms with Crippen molar-refractivity contribution in [3.63, 3.8) is 0 Å². The van der Waals surface area contributed by atoms with E-state index in [4.69, 9.17) is 4.52 Å². The Bertz CT molecular complexity index is 569. The second kappa shape index (κ2) is 5.91. The second-order valence-electron chi connectivity index (χ2n) is 4.06. The molecule has 0 aliphatic heterocycles. The molecule has 0 saturated heterocycles. The molecular formula is C12H11F3N2O3. The van der Waals surface area contributed by atoms with Gasteiger partial charge in [0.2, 0.25) is 5.89 Å². The molecule has 0 unspecified atom stereocenters. The van der Waals surface area contributed by atoms with Gasteiger partial charge in [-0.2, -0.15) is 18.2 Å². The van der Waals surface area contributed by atoms with Gasteiger partial charge in [-0.1, -0.05) is 17.3 Å². The number of ether oxygens (including phenoxy) is 1. The van der Waals surface area contributed by atoms with E-state index in [0.29, 0.717) is 0 Å². The maximum Gasteiger partial charge on any atom is 0.411 e. The summed E-state index contributed by atoms with van der Waals surface area (Å²) in [7, 11) is 0. The summed E-state index contributed by atoms with van der Waals surface area (Å²) in [5.74, 6) is 0.390. The van der Waals surface area contributed by atoms with E-state index in [0.717, 1.165) is 5.56 Å². The summed E-state index contributed by atoms with van der Waals surface area (Å²) >= 11 is 0. The summed E-state index contributed by atoms with van der Waals surface area (Å²) in [5.41, 5.74) is 0.747. The van der Waals surface area contributed by atoms with E-state index in [9.17, 15) is 18.3 Å². The number of phenols is 1. The highest BCUT2D eigenvalue weighted by Gasteiger charge is 2.27. The molecule has 8 heteroatoms. The lowest BCUT2D eigenvalue weighted by molar-refractivity contribution is -0.177. The van der Waals surface area contributed by atoms with Crippen molar-refractivity contribution >= 4 is 0 Å². The number of rotatable bonds is 5. The van der Waals surface area contributed by atoms with Gasteiger partial charge in [0, 0.05) is 0 Å². The molecule has 0 spiro atoms. The molecule has 0 amide bonds. The standard InChI is InChI=1S/C12H11F3N2O3/c13-12(14,15)7-19-6-10-16-11(20-17-10)5-8-2-1-3-9(18)4-8/h1-4,18H,5-7H2. The van der Waals surface area contributed by atoms with Crippen LogP contribution >= 0.6 is 0 Å². The number of halogens is 3. The maximum absolute atomic E-state index is 11.9. The number of alkyl halides is 3. The number of phenolic OH excluding ortho intramolecular Hbond substituents is 1. The van der Waals surface area contributed by atoms with Crippen LogP contribution in [0.15, 0.2) is 28.8 Å². The molecule has 1 aromatic heterocycles. The predicted molar refractivity (Wildman–Crippen MR) is 60.9 cm³/mol. The van der Waals surface area contributed by atoms with Gasteiger partial charge in [0.05, 0.1) is 6.42 Å². The van der Waals surface area contributed by atoms with Crippen LogP contribution in [0.2, 0.25) is 0 Å². The minimum absolute atomic E-state index is 0.0457. The molecule has 0 saturated carbocycles. The Morgan fingerprint density at radius 1 is 1.30 bits per heavy atom. The first-order valence-corrected chi connectivity index (χ1v) is 5.66. The van der Waals surface area contributed by atoms with Gasteiger partial charge in [0.25, 0.3) is 0 Å². The lowest BCUT2D eigenvalue weighted by Gasteiger charge is -2.04. The van der Waals surface area contributed by atoms with Gasteiger partial charge in [0.15, 0.2) is 5.82 Å². The number of aromatic hydroxyl groups is 1.